The van der Waals surface area contributed by atoms with E-state index in [-0.39, 0.29) is 0 Å². The van der Waals surface area contributed by atoms with E-state index in [9.17, 15) is 0 Å². The van der Waals surface area contributed by atoms with Gasteiger partial charge < -0.3 is 10.6 Å². The van der Waals surface area contributed by atoms with E-state index >= 15 is 0 Å². The van der Waals surface area contributed by atoms with Crippen LogP contribution in [-0.2, 0) is 0 Å². The van der Waals surface area contributed by atoms with Crippen molar-refractivity contribution in [3.8, 4) is 0 Å². The lowest BCUT2D eigenvalue weighted by Crippen LogP contribution is -2.59. The maximum Gasteiger partial charge on any atom is 0.0356 e. The van der Waals surface area contributed by atoms with Crippen LogP contribution >= 0.6 is 0 Å². The zero-order valence-electron chi connectivity index (χ0n) is 11.9. The van der Waals surface area contributed by atoms with Crippen molar-refractivity contribution in [2.75, 3.05) is 39.8 Å². The second-order valence-corrected chi connectivity index (χ2v) is 7.02. The molecule has 1 aliphatic heterocycles. The molecule has 3 rings (SSSR count). The largest absolute Gasteiger partial charge is 0.329 e. The van der Waals surface area contributed by atoms with Gasteiger partial charge >= 0.3 is 0 Å². The Hall–Kier alpha value is -0.120. The molecule has 3 aliphatic rings. The number of piperidine rings is 1. The summed E-state index contributed by atoms with van der Waals surface area (Å²) in [4.78, 5) is 5.27. The Morgan fingerprint density at radius 3 is 1.94 bits per heavy atom. The second-order valence-electron chi connectivity index (χ2n) is 7.02. The van der Waals surface area contributed by atoms with Crippen molar-refractivity contribution in [3.05, 3.63) is 0 Å². The molecule has 0 spiro atoms. The monoisotopic (exact) mass is 251 g/mol. The molecule has 3 heteroatoms. The van der Waals surface area contributed by atoms with E-state index in [0.717, 1.165) is 18.4 Å². The lowest BCUT2D eigenvalue weighted by molar-refractivity contribution is 0.0266. The van der Waals surface area contributed by atoms with Crippen LogP contribution in [-0.4, -0.2) is 55.1 Å². The van der Waals surface area contributed by atoms with Crippen LogP contribution in [0.15, 0.2) is 0 Å². The molecule has 1 heterocycles. The maximum absolute atomic E-state index is 6.22. The molecule has 104 valence electrons. The predicted octanol–water partition coefficient (Wildman–Crippen LogP) is 1.53. The Bertz CT molecular complexity index is 261. The molecule has 0 unspecified atom stereocenters. The summed E-state index contributed by atoms with van der Waals surface area (Å²) < 4.78 is 0. The third kappa shape index (κ3) is 2.89. The van der Waals surface area contributed by atoms with Crippen molar-refractivity contribution in [1.29, 1.82) is 0 Å². The van der Waals surface area contributed by atoms with Crippen LogP contribution in [0.2, 0.25) is 0 Å². The summed E-state index contributed by atoms with van der Waals surface area (Å²) in [6, 6.07) is 0. The molecule has 3 fully saturated rings. The summed E-state index contributed by atoms with van der Waals surface area (Å²) in [5.41, 5.74) is 6.55. The number of likely N-dealkylation sites (tertiary alicyclic amines) is 1. The molecular formula is C15H29N3. The van der Waals surface area contributed by atoms with Gasteiger partial charge in [-0.05, 0) is 70.5 Å². The zero-order valence-corrected chi connectivity index (χ0v) is 11.9. The van der Waals surface area contributed by atoms with Crippen molar-refractivity contribution in [2.45, 2.75) is 44.1 Å². The van der Waals surface area contributed by atoms with Crippen molar-refractivity contribution in [3.63, 3.8) is 0 Å². The Morgan fingerprint density at radius 2 is 1.56 bits per heavy atom. The quantitative estimate of drug-likeness (QED) is 0.777. The Kier molecular flexibility index (Phi) is 3.65. The van der Waals surface area contributed by atoms with Gasteiger partial charge in [0.05, 0.1) is 0 Å². The Balaban J connectivity index is 1.67. The number of rotatable bonds is 6. The molecule has 0 radical (unpaired) electrons. The molecule has 0 aromatic heterocycles. The standard InChI is InChI=1S/C15H29N3/c1-17-8-6-15(12-16,7-9-17)18(10-13-2-3-13)11-14-4-5-14/h13-14H,2-12,16H2,1H3. The normalized spacial score (nSPS) is 28.8. The van der Waals surface area contributed by atoms with Crippen molar-refractivity contribution < 1.29 is 0 Å². The summed E-state index contributed by atoms with van der Waals surface area (Å²) in [5, 5.41) is 0. The molecule has 1 saturated heterocycles. The minimum Gasteiger partial charge on any atom is -0.329 e. The zero-order chi connectivity index (χ0) is 12.6. The summed E-state index contributed by atoms with van der Waals surface area (Å²) >= 11 is 0. The van der Waals surface area contributed by atoms with E-state index in [4.69, 9.17) is 5.73 Å². The first kappa shape index (κ1) is 12.9. The smallest absolute Gasteiger partial charge is 0.0356 e. The predicted molar refractivity (Wildman–Crippen MR) is 75.5 cm³/mol. The van der Waals surface area contributed by atoms with E-state index in [0.29, 0.717) is 5.54 Å². The molecule has 2 N–H and O–H groups in total. The first-order chi connectivity index (χ1) is 8.72. The van der Waals surface area contributed by atoms with Gasteiger partial charge in [0.15, 0.2) is 0 Å². The van der Waals surface area contributed by atoms with Crippen molar-refractivity contribution in [1.82, 2.24) is 9.80 Å². The van der Waals surface area contributed by atoms with Gasteiger partial charge in [0.25, 0.3) is 0 Å². The SMILES string of the molecule is CN1CCC(CN)(N(CC2CC2)CC2CC2)CC1. The maximum atomic E-state index is 6.22. The molecule has 0 amide bonds. The lowest BCUT2D eigenvalue weighted by atomic mass is 9.85. The average molecular weight is 251 g/mol. The highest BCUT2D eigenvalue weighted by Crippen LogP contribution is 2.39. The van der Waals surface area contributed by atoms with Gasteiger partial charge in [-0.3, -0.25) is 4.90 Å². The van der Waals surface area contributed by atoms with Crippen molar-refractivity contribution in [2.24, 2.45) is 17.6 Å². The molecule has 0 bridgehead atoms. The van der Waals surface area contributed by atoms with Crippen LogP contribution < -0.4 is 5.73 Å². The second kappa shape index (κ2) is 5.10. The van der Waals surface area contributed by atoms with Crippen LogP contribution in [0.25, 0.3) is 0 Å². The van der Waals surface area contributed by atoms with E-state index < -0.39 is 0 Å². The molecule has 0 atom stereocenters. The van der Waals surface area contributed by atoms with E-state index in [1.165, 1.54) is 64.7 Å². The van der Waals surface area contributed by atoms with Gasteiger partial charge in [0, 0.05) is 25.2 Å². The fraction of sp³-hybridized carbons (Fsp3) is 1.00. The minimum absolute atomic E-state index is 0.331. The Labute approximate surface area is 112 Å². The summed E-state index contributed by atoms with van der Waals surface area (Å²) in [7, 11) is 2.24. The fourth-order valence-corrected chi connectivity index (χ4v) is 3.37. The molecule has 2 aliphatic carbocycles. The van der Waals surface area contributed by atoms with Gasteiger partial charge in [-0.2, -0.15) is 0 Å². The summed E-state index contributed by atoms with van der Waals surface area (Å²) in [6.45, 7) is 5.97. The topological polar surface area (TPSA) is 32.5 Å². The van der Waals surface area contributed by atoms with Gasteiger partial charge in [-0.25, -0.2) is 0 Å². The number of hydrogen-bond acceptors (Lipinski definition) is 3. The van der Waals surface area contributed by atoms with Crippen LogP contribution in [0.5, 0.6) is 0 Å². The highest BCUT2D eigenvalue weighted by Gasteiger charge is 2.42. The average Bonchev–Trinajstić information content (AvgIpc) is 3.25. The van der Waals surface area contributed by atoms with Gasteiger partial charge in [0.1, 0.15) is 0 Å². The number of hydrogen-bond donors (Lipinski definition) is 1. The van der Waals surface area contributed by atoms with Gasteiger partial charge in [-0.15, -0.1) is 0 Å². The molecule has 2 saturated carbocycles. The van der Waals surface area contributed by atoms with E-state index in [1.807, 2.05) is 0 Å². The molecular weight excluding hydrogens is 222 g/mol. The van der Waals surface area contributed by atoms with Crippen LogP contribution in [0.4, 0.5) is 0 Å². The molecule has 0 aromatic rings. The minimum atomic E-state index is 0.331. The first-order valence-electron chi connectivity index (χ1n) is 7.85. The van der Waals surface area contributed by atoms with Crippen LogP contribution in [0.3, 0.4) is 0 Å². The van der Waals surface area contributed by atoms with Gasteiger partial charge in [0.2, 0.25) is 0 Å². The van der Waals surface area contributed by atoms with Crippen LogP contribution in [0.1, 0.15) is 38.5 Å². The van der Waals surface area contributed by atoms with Crippen LogP contribution in [0, 0.1) is 11.8 Å². The first-order valence-corrected chi connectivity index (χ1v) is 7.85. The highest BCUT2D eigenvalue weighted by molar-refractivity contribution is 4.99. The Morgan fingerprint density at radius 1 is 1.06 bits per heavy atom. The molecule has 0 aromatic carbocycles. The third-order valence-corrected chi connectivity index (χ3v) is 5.32. The molecule has 3 nitrogen and oxygen atoms in total. The number of nitrogens with zero attached hydrogens (tertiary/aromatic N) is 2. The van der Waals surface area contributed by atoms with E-state index in [1.54, 1.807) is 0 Å². The third-order valence-electron chi connectivity index (χ3n) is 5.32. The molecule has 18 heavy (non-hydrogen) atoms. The summed E-state index contributed by atoms with van der Waals surface area (Å²) in [6.07, 6.45) is 8.39. The van der Waals surface area contributed by atoms with E-state index in [2.05, 4.69) is 16.8 Å². The lowest BCUT2D eigenvalue weighted by Gasteiger charge is -2.48. The van der Waals surface area contributed by atoms with Gasteiger partial charge in [-0.1, -0.05) is 0 Å². The summed E-state index contributed by atoms with van der Waals surface area (Å²) in [5.74, 6) is 1.98. The number of nitrogens with two attached hydrogens (primary N) is 1. The highest BCUT2D eigenvalue weighted by atomic mass is 15.2. The fourth-order valence-electron chi connectivity index (χ4n) is 3.37. The van der Waals surface area contributed by atoms with Crippen molar-refractivity contribution >= 4 is 0 Å².